The zero-order valence-electron chi connectivity index (χ0n) is 12.0. The first-order chi connectivity index (χ1) is 9.69. The van der Waals surface area contributed by atoms with Crippen molar-refractivity contribution in [3.63, 3.8) is 0 Å². The molecule has 0 bridgehead atoms. The quantitative estimate of drug-likeness (QED) is 0.873. The van der Waals surface area contributed by atoms with Crippen molar-refractivity contribution in [1.82, 2.24) is 9.97 Å². The minimum Gasteiger partial charge on any atom is -0.495 e. The smallest absolute Gasteiger partial charge is 0.204 e. The highest BCUT2D eigenvalue weighted by atomic mass is 16.5. The molecule has 106 valence electrons. The second kappa shape index (κ2) is 6.10. The van der Waals surface area contributed by atoms with Crippen molar-refractivity contribution in [1.29, 1.82) is 0 Å². The molecule has 0 saturated heterocycles. The summed E-state index contributed by atoms with van der Waals surface area (Å²) in [5, 5.41) is 6.18. The van der Waals surface area contributed by atoms with E-state index in [-0.39, 0.29) is 0 Å². The lowest BCUT2D eigenvalue weighted by atomic mass is 10.2. The molecule has 0 saturated carbocycles. The molecule has 2 N–H and O–H groups in total. The first kappa shape index (κ1) is 13.9. The van der Waals surface area contributed by atoms with Gasteiger partial charge >= 0.3 is 0 Å². The number of aromatic nitrogens is 2. The van der Waals surface area contributed by atoms with Crippen molar-refractivity contribution in [3.05, 3.63) is 30.1 Å². The fraction of sp³-hybridized carbons (Fsp3) is 0.286. The van der Waals surface area contributed by atoms with Crippen molar-refractivity contribution >= 4 is 17.3 Å². The fourth-order valence-electron chi connectivity index (χ4n) is 1.88. The van der Waals surface area contributed by atoms with Crippen molar-refractivity contribution in [2.75, 3.05) is 31.9 Å². The molecule has 0 aliphatic carbocycles. The Morgan fingerprint density at radius 2 is 1.80 bits per heavy atom. The van der Waals surface area contributed by atoms with Gasteiger partial charge in [0.1, 0.15) is 12.1 Å². The lowest BCUT2D eigenvalue weighted by Gasteiger charge is -2.15. The van der Waals surface area contributed by atoms with Gasteiger partial charge in [-0.05, 0) is 24.6 Å². The number of nitrogens with zero attached hydrogens (tertiary/aromatic N) is 2. The van der Waals surface area contributed by atoms with Gasteiger partial charge in [-0.1, -0.05) is 6.07 Å². The minimum atomic E-state index is 0.554. The molecule has 6 heteroatoms. The lowest BCUT2D eigenvalue weighted by molar-refractivity contribution is 0.413. The molecular weight excluding hydrogens is 256 g/mol. The van der Waals surface area contributed by atoms with Gasteiger partial charge in [0, 0.05) is 7.05 Å². The van der Waals surface area contributed by atoms with Crippen LogP contribution in [0.3, 0.4) is 0 Å². The first-order valence-electron chi connectivity index (χ1n) is 6.18. The van der Waals surface area contributed by atoms with Crippen LogP contribution in [-0.2, 0) is 0 Å². The van der Waals surface area contributed by atoms with Crippen LogP contribution < -0.4 is 20.1 Å². The molecule has 0 radical (unpaired) electrons. The first-order valence-corrected chi connectivity index (χ1v) is 6.18. The number of ether oxygens (including phenoxy) is 2. The summed E-state index contributed by atoms with van der Waals surface area (Å²) in [6.45, 7) is 2.01. The summed E-state index contributed by atoms with van der Waals surface area (Å²) in [7, 11) is 4.99. The topological polar surface area (TPSA) is 68.3 Å². The van der Waals surface area contributed by atoms with Crippen LogP contribution in [-0.4, -0.2) is 31.2 Å². The zero-order chi connectivity index (χ0) is 14.5. The van der Waals surface area contributed by atoms with Crippen molar-refractivity contribution in [3.8, 4) is 11.5 Å². The van der Waals surface area contributed by atoms with Gasteiger partial charge in [-0.25, -0.2) is 9.97 Å². The molecule has 2 aromatic rings. The molecule has 0 fully saturated rings. The molecular formula is C14H18N4O2. The molecule has 0 atom stereocenters. The number of methoxy groups -OCH3 is 2. The Balaban J connectivity index is 2.42. The third kappa shape index (κ3) is 2.74. The fourth-order valence-corrected chi connectivity index (χ4v) is 1.88. The van der Waals surface area contributed by atoms with Crippen LogP contribution in [0.2, 0.25) is 0 Å². The Bertz CT molecular complexity index is 602. The largest absolute Gasteiger partial charge is 0.495 e. The molecule has 1 aromatic heterocycles. The van der Waals surface area contributed by atoms with E-state index in [9.17, 15) is 0 Å². The average molecular weight is 274 g/mol. The summed E-state index contributed by atoms with van der Waals surface area (Å²) in [6, 6.07) is 5.88. The Morgan fingerprint density at radius 1 is 1.05 bits per heavy atom. The van der Waals surface area contributed by atoms with Gasteiger partial charge in [-0.3, -0.25) is 0 Å². The highest BCUT2D eigenvalue weighted by molar-refractivity contribution is 5.72. The minimum absolute atomic E-state index is 0.554. The van der Waals surface area contributed by atoms with Crippen LogP contribution in [0, 0.1) is 6.92 Å². The van der Waals surface area contributed by atoms with Gasteiger partial charge < -0.3 is 20.1 Å². The molecule has 1 aromatic carbocycles. The Hall–Kier alpha value is -2.50. The summed E-state index contributed by atoms with van der Waals surface area (Å²) < 4.78 is 10.7. The van der Waals surface area contributed by atoms with Gasteiger partial charge in [0.2, 0.25) is 5.75 Å². The number of rotatable bonds is 5. The second-order valence-electron chi connectivity index (χ2n) is 4.18. The van der Waals surface area contributed by atoms with Crippen LogP contribution >= 0.6 is 0 Å². The SMILES string of the molecule is CNc1ncnc(Nc2cc(C)ccc2OC)c1OC. The van der Waals surface area contributed by atoms with Crippen molar-refractivity contribution in [2.24, 2.45) is 0 Å². The maximum Gasteiger partial charge on any atom is 0.204 e. The third-order valence-corrected chi connectivity index (χ3v) is 2.85. The van der Waals surface area contributed by atoms with E-state index in [4.69, 9.17) is 9.47 Å². The number of hydrogen-bond donors (Lipinski definition) is 2. The summed E-state index contributed by atoms with van der Waals surface area (Å²) in [5.74, 6) is 2.49. The maximum absolute atomic E-state index is 5.35. The zero-order valence-corrected chi connectivity index (χ0v) is 12.0. The summed E-state index contributed by atoms with van der Waals surface area (Å²) in [4.78, 5) is 8.33. The number of anilines is 3. The van der Waals surface area contributed by atoms with E-state index in [1.165, 1.54) is 6.33 Å². The van der Waals surface area contributed by atoms with E-state index in [2.05, 4.69) is 20.6 Å². The molecule has 0 spiro atoms. The molecule has 0 amide bonds. The Morgan fingerprint density at radius 3 is 2.45 bits per heavy atom. The van der Waals surface area contributed by atoms with Gasteiger partial charge in [-0.15, -0.1) is 0 Å². The molecule has 1 heterocycles. The molecule has 20 heavy (non-hydrogen) atoms. The van der Waals surface area contributed by atoms with Crippen LogP contribution in [0.5, 0.6) is 11.5 Å². The highest BCUT2D eigenvalue weighted by Crippen LogP contribution is 2.34. The Kier molecular flexibility index (Phi) is 4.24. The summed E-state index contributed by atoms with van der Waals surface area (Å²) in [6.07, 6.45) is 1.47. The normalized spacial score (nSPS) is 10.0. The summed E-state index contributed by atoms with van der Waals surface area (Å²) in [5.41, 5.74) is 1.95. The van der Waals surface area contributed by atoms with Crippen molar-refractivity contribution in [2.45, 2.75) is 6.92 Å². The third-order valence-electron chi connectivity index (χ3n) is 2.85. The highest BCUT2D eigenvalue weighted by Gasteiger charge is 2.13. The molecule has 2 rings (SSSR count). The lowest BCUT2D eigenvalue weighted by Crippen LogP contribution is -2.04. The number of benzene rings is 1. The Labute approximate surface area is 118 Å². The van der Waals surface area contributed by atoms with Crippen LogP contribution in [0.4, 0.5) is 17.3 Å². The molecule has 6 nitrogen and oxygen atoms in total. The van der Waals surface area contributed by atoms with Crippen LogP contribution in [0.15, 0.2) is 24.5 Å². The number of hydrogen-bond acceptors (Lipinski definition) is 6. The number of aryl methyl sites for hydroxylation is 1. The van der Waals surface area contributed by atoms with Crippen LogP contribution in [0.25, 0.3) is 0 Å². The maximum atomic E-state index is 5.35. The summed E-state index contributed by atoms with van der Waals surface area (Å²) >= 11 is 0. The van der Waals surface area contributed by atoms with E-state index in [1.807, 2.05) is 25.1 Å². The predicted molar refractivity (Wildman–Crippen MR) is 79.1 cm³/mol. The average Bonchev–Trinajstić information content (AvgIpc) is 2.47. The van der Waals surface area contributed by atoms with Gasteiger partial charge in [0.25, 0.3) is 0 Å². The van der Waals surface area contributed by atoms with Gasteiger partial charge in [-0.2, -0.15) is 0 Å². The van der Waals surface area contributed by atoms with E-state index in [0.717, 1.165) is 17.0 Å². The van der Waals surface area contributed by atoms with E-state index >= 15 is 0 Å². The molecule has 0 aliphatic heterocycles. The van der Waals surface area contributed by atoms with Gasteiger partial charge in [0.05, 0.1) is 19.9 Å². The monoisotopic (exact) mass is 274 g/mol. The molecule has 0 unspecified atom stereocenters. The van der Waals surface area contributed by atoms with Crippen molar-refractivity contribution < 1.29 is 9.47 Å². The number of nitrogens with one attached hydrogen (secondary N) is 2. The van der Waals surface area contributed by atoms with E-state index < -0.39 is 0 Å². The van der Waals surface area contributed by atoms with Crippen LogP contribution in [0.1, 0.15) is 5.56 Å². The predicted octanol–water partition coefficient (Wildman–Crippen LogP) is 2.59. The van der Waals surface area contributed by atoms with E-state index in [1.54, 1.807) is 21.3 Å². The molecule has 0 aliphatic rings. The standard InChI is InChI=1S/C14H18N4O2/c1-9-5-6-11(19-3)10(7-9)18-14-12(20-4)13(15-2)16-8-17-14/h5-8H,1-4H3,(H2,15,16,17,18). The second-order valence-corrected chi connectivity index (χ2v) is 4.18. The van der Waals surface area contributed by atoms with Gasteiger partial charge in [0.15, 0.2) is 11.6 Å². The van der Waals surface area contributed by atoms with E-state index in [0.29, 0.717) is 17.4 Å².